The SMILES string of the molecule is CCNC(=NCCCc1ccc(OC)c(OCC)c1)NC1CCc2nc(C(C)C)nn2C1.I. The normalized spacial score (nSPS) is 15.6. The molecule has 1 atom stereocenters. The molecule has 184 valence electrons. The van der Waals surface area contributed by atoms with Gasteiger partial charge in [-0.15, -0.1) is 24.0 Å². The second-order valence-corrected chi connectivity index (χ2v) is 8.39. The molecule has 1 unspecified atom stereocenters. The Balaban J connectivity index is 0.00000385. The molecule has 33 heavy (non-hydrogen) atoms. The highest BCUT2D eigenvalue weighted by Gasteiger charge is 2.23. The Labute approximate surface area is 215 Å². The lowest BCUT2D eigenvalue weighted by molar-refractivity contribution is 0.310. The van der Waals surface area contributed by atoms with Crippen molar-refractivity contribution in [2.45, 2.75) is 71.9 Å². The Morgan fingerprint density at radius 2 is 2.09 bits per heavy atom. The summed E-state index contributed by atoms with van der Waals surface area (Å²) >= 11 is 0. The average molecular weight is 571 g/mol. The molecule has 0 radical (unpaired) electrons. The van der Waals surface area contributed by atoms with Crippen LogP contribution in [0.5, 0.6) is 11.5 Å². The van der Waals surface area contributed by atoms with Crippen LogP contribution in [0.15, 0.2) is 23.2 Å². The van der Waals surface area contributed by atoms with Crippen LogP contribution in [-0.4, -0.2) is 53.6 Å². The van der Waals surface area contributed by atoms with E-state index in [1.807, 2.05) is 13.0 Å². The van der Waals surface area contributed by atoms with Gasteiger partial charge in [0, 0.05) is 31.5 Å². The van der Waals surface area contributed by atoms with Gasteiger partial charge >= 0.3 is 0 Å². The van der Waals surface area contributed by atoms with Crippen LogP contribution in [0.3, 0.4) is 0 Å². The first-order chi connectivity index (χ1) is 15.5. The fourth-order valence-corrected chi connectivity index (χ4v) is 3.82. The highest BCUT2D eigenvalue weighted by Crippen LogP contribution is 2.28. The Hall–Kier alpha value is -2.04. The second-order valence-electron chi connectivity index (χ2n) is 8.39. The van der Waals surface area contributed by atoms with Crippen molar-refractivity contribution in [3.05, 3.63) is 35.4 Å². The molecule has 0 saturated carbocycles. The molecule has 1 aliphatic heterocycles. The van der Waals surface area contributed by atoms with E-state index in [9.17, 15) is 0 Å². The lowest BCUT2D eigenvalue weighted by Crippen LogP contribution is -2.47. The first-order valence-corrected chi connectivity index (χ1v) is 11.8. The van der Waals surface area contributed by atoms with E-state index in [0.717, 1.165) is 74.4 Å². The zero-order valence-electron chi connectivity index (χ0n) is 20.6. The lowest BCUT2D eigenvalue weighted by atomic mass is 10.1. The number of halogens is 1. The van der Waals surface area contributed by atoms with Crippen LogP contribution in [0.25, 0.3) is 0 Å². The van der Waals surface area contributed by atoms with Crippen LogP contribution in [-0.2, 0) is 19.4 Å². The maximum Gasteiger partial charge on any atom is 0.191 e. The van der Waals surface area contributed by atoms with Crippen LogP contribution >= 0.6 is 24.0 Å². The first kappa shape index (κ1) is 27.2. The number of ether oxygens (including phenoxy) is 2. The number of aryl methyl sites for hydroxylation is 2. The summed E-state index contributed by atoms with van der Waals surface area (Å²) in [6.07, 6.45) is 3.88. The van der Waals surface area contributed by atoms with E-state index in [0.29, 0.717) is 18.6 Å². The fraction of sp³-hybridized carbons (Fsp3) is 0.625. The standard InChI is InChI=1S/C24H38N6O2.HI/c1-6-25-24(27-19-11-13-22-28-23(17(3)4)29-30(22)16-19)26-14-8-9-18-10-12-20(31-5)21(15-18)32-7-2;/h10,12,15,17,19H,6-9,11,13-14,16H2,1-5H3,(H2,25,26,27);1H. The maximum absolute atomic E-state index is 5.68. The fourth-order valence-electron chi connectivity index (χ4n) is 3.82. The topological polar surface area (TPSA) is 85.6 Å². The van der Waals surface area contributed by atoms with Crippen molar-refractivity contribution < 1.29 is 9.47 Å². The monoisotopic (exact) mass is 570 g/mol. The van der Waals surface area contributed by atoms with Gasteiger partial charge in [-0.3, -0.25) is 4.99 Å². The molecule has 0 aliphatic carbocycles. The minimum Gasteiger partial charge on any atom is -0.493 e. The van der Waals surface area contributed by atoms with Crippen LogP contribution in [0.4, 0.5) is 0 Å². The molecule has 0 spiro atoms. The number of guanidine groups is 1. The summed E-state index contributed by atoms with van der Waals surface area (Å²) in [6, 6.07) is 6.44. The quantitative estimate of drug-likeness (QED) is 0.195. The van der Waals surface area contributed by atoms with Crippen molar-refractivity contribution in [3.8, 4) is 11.5 Å². The number of methoxy groups -OCH3 is 1. The van der Waals surface area contributed by atoms with E-state index in [-0.39, 0.29) is 24.0 Å². The number of hydrogen-bond donors (Lipinski definition) is 2. The zero-order valence-corrected chi connectivity index (χ0v) is 22.9. The summed E-state index contributed by atoms with van der Waals surface area (Å²) in [7, 11) is 1.67. The summed E-state index contributed by atoms with van der Waals surface area (Å²) in [5.74, 6) is 4.84. The van der Waals surface area contributed by atoms with Crippen LogP contribution < -0.4 is 20.1 Å². The van der Waals surface area contributed by atoms with E-state index in [1.54, 1.807) is 7.11 Å². The summed E-state index contributed by atoms with van der Waals surface area (Å²) < 4.78 is 13.1. The molecule has 3 rings (SSSR count). The number of fused-ring (bicyclic) bond motifs is 1. The summed E-state index contributed by atoms with van der Waals surface area (Å²) in [5.41, 5.74) is 1.23. The van der Waals surface area contributed by atoms with Gasteiger partial charge < -0.3 is 20.1 Å². The highest BCUT2D eigenvalue weighted by atomic mass is 127. The van der Waals surface area contributed by atoms with E-state index in [2.05, 4.69) is 58.3 Å². The number of nitrogens with zero attached hydrogens (tertiary/aromatic N) is 4. The smallest absolute Gasteiger partial charge is 0.191 e. The van der Waals surface area contributed by atoms with Crippen molar-refractivity contribution in [2.24, 2.45) is 4.99 Å². The lowest BCUT2D eigenvalue weighted by Gasteiger charge is -2.25. The predicted octanol–water partition coefficient (Wildman–Crippen LogP) is 3.93. The van der Waals surface area contributed by atoms with Crippen molar-refractivity contribution in [2.75, 3.05) is 26.8 Å². The molecular weight excluding hydrogens is 531 g/mol. The third-order valence-electron chi connectivity index (χ3n) is 5.50. The molecule has 0 amide bonds. The predicted molar refractivity (Wildman–Crippen MR) is 143 cm³/mol. The van der Waals surface area contributed by atoms with Gasteiger partial charge in [-0.05, 0) is 50.8 Å². The Morgan fingerprint density at radius 1 is 1.27 bits per heavy atom. The molecule has 9 heteroatoms. The molecule has 1 aromatic carbocycles. The molecule has 1 aliphatic rings. The zero-order chi connectivity index (χ0) is 22.9. The molecule has 8 nitrogen and oxygen atoms in total. The van der Waals surface area contributed by atoms with Gasteiger partial charge in [0.05, 0.1) is 20.3 Å². The van der Waals surface area contributed by atoms with Gasteiger partial charge in [-0.1, -0.05) is 19.9 Å². The van der Waals surface area contributed by atoms with E-state index in [4.69, 9.17) is 14.5 Å². The van der Waals surface area contributed by atoms with Crippen LogP contribution in [0.1, 0.15) is 63.7 Å². The Kier molecular flexibility index (Phi) is 11.2. The van der Waals surface area contributed by atoms with Crippen LogP contribution in [0, 0.1) is 0 Å². The van der Waals surface area contributed by atoms with Gasteiger partial charge in [-0.2, -0.15) is 5.10 Å². The number of benzene rings is 1. The van der Waals surface area contributed by atoms with E-state index in [1.165, 1.54) is 5.56 Å². The molecule has 2 heterocycles. The third kappa shape index (κ3) is 7.75. The maximum atomic E-state index is 5.68. The minimum absolute atomic E-state index is 0. The van der Waals surface area contributed by atoms with E-state index >= 15 is 0 Å². The van der Waals surface area contributed by atoms with Crippen LogP contribution in [0.2, 0.25) is 0 Å². The highest BCUT2D eigenvalue weighted by molar-refractivity contribution is 14.0. The van der Waals surface area contributed by atoms with Gasteiger partial charge in [0.1, 0.15) is 5.82 Å². The Morgan fingerprint density at radius 3 is 2.79 bits per heavy atom. The molecule has 2 aromatic rings. The number of aromatic nitrogens is 3. The molecular formula is C24H39IN6O2. The van der Waals surface area contributed by atoms with E-state index < -0.39 is 0 Å². The summed E-state index contributed by atoms with van der Waals surface area (Å²) in [6.45, 7) is 11.4. The number of rotatable bonds is 10. The third-order valence-corrected chi connectivity index (χ3v) is 5.50. The van der Waals surface area contributed by atoms with Gasteiger partial charge in [0.2, 0.25) is 0 Å². The van der Waals surface area contributed by atoms with Crippen molar-refractivity contribution >= 4 is 29.9 Å². The molecule has 2 N–H and O–H groups in total. The van der Waals surface area contributed by atoms with Crippen molar-refractivity contribution in [1.29, 1.82) is 0 Å². The largest absolute Gasteiger partial charge is 0.493 e. The minimum atomic E-state index is 0. The number of aliphatic imine (C=N–C) groups is 1. The Bertz CT molecular complexity index is 899. The summed E-state index contributed by atoms with van der Waals surface area (Å²) in [5, 5.41) is 11.6. The van der Waals surface area contributed by atoms with Gasteiger partial charge in [-0.25, -0.2) is 9.67 Å². The molecule has 0 saturated heterocycles. The molecule has 1 aromatic heterocycles. The van der Waals surface area contributed by atoms with Crippen molar-refractivity contribution in [1.82, 2.24) is 25.4 Å². The molecule has 0 bridgehead atoms. The van der Waals surface area contributed by atoms with Gasteiger partial charge in [0.25, 0.3) is 0 Å². The average Bonchev–Trinajstić information content (AvgIpc) is 3.21. The molecule has 0 fully saturated rings. The number of hydrogen-bond acceptors (Lipinski definition) is 5. The first-order valence-electron chi connectivity index (χ1n) is 11.8. The summed E-state index contributed by atoms with van der Waals surface area (Å²) in [4.78, 5) is 9.48. The van der Waals surface area contributed by atoms with Crippen molar-refractivity contribution in [3.63, 3.8) is 0 Å². The second kappa shape index (κ2) is 13.6. The van der Waals surface area contributed by atoms with Gasteiger partial charge in [0.15, 0.2) is 23.3 Å². The number of nitrogens with one attached hydrogen (secondary N) is 2.